The molecule has 0 amide bonds. The van der Waals surface area contributed by atoms with Gasteiger partial charge in [0.05, 0.1) is 4.47 Å². The summed E-state index contributed by atoms with van der Waals surface area (Å²) in [6, 6.07) is 5.24. The normalized spacial score (nSPS) is 12.8. The van der Waals surface area contributed by atoms with E-state index < -0.39 is 0 Å². The molecule has 1 rings (SSSR count). The van der Waals surface area contributed by atoms with Gasteiger partial charge in [0.25, 0.3) is 0 Å². The van der Waals surface area contributed by atoms with Crippen LogP contribution in [0.4, 0.5) is 4.39 Å². The van der Waals surface area contributed by atoms with Crippen molar-refractivity contribution in [3.8, 4) is 0 Å². The van der Waals surface area contributed by atoms with Gasteiger partial charge in [-0.3, -0.25) is 0 Å². The maximum absolute atomic E-state index is 13.2. The summed E-state index contributed by atoms with van der Waals surface area (Å²) in [4.78, 5) is 0. The van der Waals surface area contributed by atoms with Gasteiger partial charge in [0.1, 0.15) is 5.82 Å². The van der Waals surface area contributed by atoms with E-state index in [2.05, 4.69) is 35.1 Å². The zero-order valence-electron chi connectivity index (χ0n) is 9.19. The second-order valence-electron chi connectivity index (χ2n) is 3.89. The van der Waals surface area contributed by atoms with Gasteiger partial charge < -0.3 is 5.32 Å². The molecule has 1 N–H and O–H groups in total. The molecule has 1 unspecified atom stereocenters. The van der Waals surface area contributed by atoms with Gasteiger partial charge >= 0.3 is 0 Å². The van der Waals surface area contributed by atoms with E-state index in [-0.39, 0.29) is 5.82 Å². The third-order valence-electron chi connectivity index (χ3n) is 2.50. The largest absolute Gasteiger partial charge is 0.312 e. The molecule has 1 atom stereocenters. The molecular weight excluding hydrogens is 257 g/mol. The van der Waals surface area contributed by atoms with Crippen LogP contribution in [0.1, 0.15) is 25.8 Å². The van der Waals surface area contributed by atoms with Crippen molar-refractivity contribution in [2.75, 3.05) is 6.54 Å². The Labute approximate surface area is 99.2 Å². The first-order valence-electron chi connectivity index (χ1n) is 5.28. The first kappa shape index (κ1) is 12.7. The number of nitrogens with one attached hydrogen (secondary N) is 1. The molecule has 1 aromatic carbocycles. The monoisotopic (exact) mass is 273 g/mol. The Hall–Kier alpha value is -0.410. The Kier molecular flexibility index (Phi) is 5.26. The summed E-state index contributed by atoms with van der Waals surface area (Å²) < 4.78 is 13.7. The minimum absolute atomic E-state index is 0.196. The van der Waals surface area contributed by atoms with Crippen molar-refractivity contribution in [3.05, 3.63) is 34.1 Å². The fourth-order valence-electron chi connectivity index (χ4n) is 1.26. The summed E-state index contributed by atoms with van der Waals surface area (Å²) in [7, 11) is 0. The van der Waals surface area contributed by atoms with E-state index in [1.165, 1.54) is 6.42 Å². The van der Waals surface area contributed by atoms with Gasteiger partial charge in [-0.2, -0.15) is 0 Å². The minimum atomic E-state index is -0.196. The number of hydrogen-bond acceptors (Lipinski definition) is 1. The minimum Gasteiger partial charge on any atom is -0.312 e. The van der Waals surface area contributed by atoms with Gasteiger partial charge in [0.15, 0.2) is 0 Å². The average molecular weight is 274 g/mol. The zero-order valence-corrected chi connectivity index (χ0v) is 10.8. The number of rotatable bonds is 5. The van der Waals surface area contributed by atoms with E-state index in [9.17, 15) is 4.39 Å². The number of halogens is 2. The quantitative estimate of drug-likeness (QED) is 0.862. The third kappa shape index (κ3) is 4.31. The highest BCUT2D eigenvalue weighted by Gasteiger charge is 2.01. The zero-order chi connectivity index (χ0) is 11.3. The highest BCUT2D eigenvalue weighted by Crippen LogP contribution is 2.16. The highest BCUT2D eigenvalue weighted by molar-refractivity contribution is 9.10. The summed E-state index contributed by atoms with van der Waals surface area (Å²) in [6.07, 6.45) is 1.17. The van der Waals surface area contributed by atoms with E-state index in [1.807, 2.05) is 6.07 Å². The molecule has 0 aliphatic carbocycles. The summed E-state index contributed by atoms with van der Waals surface area (Å²) in [5.41, 5.74) is 0.985. The molecule has 0 aromatic heterocycles. The molecule has 3 heteroatoms. The van der Waals surface area contributed by atoms with Crippen LogP contribution in [-0.2, 0) is 6.54 Å². The predicted molar refractivity (Wildman–Crippen MR) is 65.3 cm³/mol. The lowest BCUT2D eigenvalue weighted by molar-refractivity contribution is 0.499. The van der Waals surface area contributed by atoms with Crippen molar-refractivity contribution >= 4 is 15.9 Å². The van der Waals surface area contributed by atoms with E-state index in [0.29, 0.717) is 10.4 Å². The molecule has 0 aliphatic rings. The molecule has 0 fully saturated rings. The molecule has 1 aromatic rings. The molecule has 0 heterocycles. The first-order chi connectivity index (χ1) is 7.13. The van der Waals surface area contributed by atoms with Gasteiger partial charge in [0, 0.05) is 6.54 Å². The van der Waals surface area contributed by atoms with Crippen LogP contribution >= 0.6 is 15.9 Å². The molecule has 0 aliphatic heterocycles. The summed E-state index contributed by atoms with van der Waals surface area (Å²) in [5.74, 6) is 0.475. The second kappa shape index (κ2) is 6.23. The SMILES string of the molecule is CCC(C)CNCc1ccc(Br)c(F)c1. The molecule has 0 saturated carbocycles. The van der Waals surface area contributed by atoms with Crippen molar-refractivity contribution in [1.29, 1.82) is 0 Å². The van der Waals surface area contributed by atoms with Gasteiger partial charge in [-0.1, -0.05) is 26.3 Å². The molecule has 84 valence electrons. The van der Waals surface area contributed by atoms with E-state index in [0.717, 1.165) is 18.7 Å². The Morgan fingerprint density at radius 3 is 2.80 bits per heavy atom. The van der Waals surface area contributed by atoms with Gasteiger partial charge in [-0.25, -0.2) is 4.39 Å². The average Bonchev–Trinajstić information content (AvgIpc) is 2.23. The molecule has 0 saturated heterocycles. The Morgan fingerprint density at radius 1 is 1.47 bits per heavy atom. The van der Waals surface area contributed by atoms with E-state index >= 15 is 0 Å². The molecule has 0 spiro atoms. The number of hydrogen-bond donors (Lipinski definition) is 1. The van der Waals surface area contributed by atoms with Crippen LogP contribution in [0.25, 0.3) is 0 Å². The van der Waals surface area contributed by atoms with Crippen LogP contribution in [0.2, 0.25) is 0 Å². The maximum Gasteiger partial charge on any atom is 0.137 e. The Bertz CT molecular complexity index is 314. The van der Waals surface area contributed by atoms with Crippen LogP contribution in [0.3, 0.4) is 0 Å². The lowest BCUT2D eigenvalue weighted by Gasteiger charge is -2.10. The van der Waals surface area contributed by atoms with Crippen molar-refractivity contribution in [2.24, 2.45) is 5.92 Å². The maximum atomic E-state index is 13.2. The van der Waals surface area contributed by atoms with Gasteiger partial charge in [-0.05, 0) is 46.1 Å². The molecule has 0 radical (unpaired) electrons. The van der Waals surface area contributed by atoms with Crippen molar-refractivity contribution < 1.29 is 4.39 Å². The predicted octanol–water partition coefficient (Wildman–Crippen LogP) is 3.72. The van der Waals surface area contributed by atoms with Crippen LogP contribution in [0, 0.1) is 11.7 Å². The van der Waals surface area contributed by atoms with Crippen molar-refractivity contribution in [3.63, 3.8) is 0 Å². The summed E-state index contributed by atoms with van der Waals surface area (Å²) >= 11 is 3.14. The molecular formula is C12H17BrFN. The first-order valence-corrected chi connectivity index (χ1v) is 6.07. The van der Waals surface area contributed by atoms with Crippen LogP contribution in [0.15, 0.2) is 22.7 Å². The third-order valence-corrected chi connectivity index (χ3v) is 3.15. The van der Waals surface area contributed by atoms with Crippen LogP contribution in [0.5, 0.6) is 0 Å². The lowest BCUT2D eigenvalue weighted by Crippen LogP contribution is -2.20. The van der Waals surface area contributed by atoms with Gasteiger partial charge in [0.2, 0.25) is 0 Å². The lowest BCUT2D eigenvalue weighted by atomic mass is 10.1. The smallest absolute Gasteiger partial charge is 0.137 e. The molecule has 0 bridgehead atoms. The van der Waals surface area contributed by atoms with E-state index in [1.54, 1.807) is 12.1 Å². The number of benzene rings is 1. The topological polar surface area (TPSA) is 12.0 Å². The van der Waals surface area contributed by atoms with E-state index in [4.69, 9.17) is 0 Å². The Balaban J connectivity index is 2.41. The van der Waals surface area contributed by atoms with Gasteiger partial charge in [-0.15, -0.1) is 0 Å². The van der Waals surface area contributed by atoms with Crippen LogP contribution in [-0.4, -0.2) is 6.54 Å². The summed E-state index contributed by atoms with van der Waals surface area (Å²) in [5, 5.41) is 3.32. The molecule has 1 nitrogen and oxygen atoms in total. The summed E-state index contributed by atoms with van der Waals surface area (Å²) in [6.45, 7) is 6.09. The van der Waals surface area contributed by atoms with Crippen LogP contribution < -0.4 is 5.32 Å². The fraction of sp³-hybridized carbons (Fsp3) is 0.500. The van der Waals surface area contributed by atoms with Crippen molar-refractivity contribution in [2.45, 2.75) is 26.8 Å². The highest BCUT2D eigenvalue weighted by atomic mass is 79.9. The van der Waals surface area contributed by atoms with Crippen molar-refractivity contribution in [1.82, 2.24) is 5.32 Å². The second-order valence-corrected chi connectivity index (χ2v) is 4.75. The fourth-order valence-corrected chi connectivity index (χ4v) is 1.50. The standard InChI is InChI=1S/C12H17BrFN/c1-3-9(2)7-15-8-10-4-5-11(13)12(14)6-10/h4-6,9,15H,3,7-8H2,1-2H3. The Morgan fingerprint density at radius 2 is 2.20 bits per heavy atom. The molecule has 15 heavy (non-hydrogen) atoms.